The minimum atomic E-state index is 0.246. The fourth-order valence-corrected chi connectivity index (χ4v) is 1.87. The van der Waals surface area contributed by atoms with Crippen molar-refractivity contribution in [1.82, 2.24) is 10.6 Å². The molecule has 2 heteroatoms. The third kappa shape index (κ3) is 6.69. The molecule has 2 nitrogen and oxygen atoms in total. The minimum Gasteiger partial charge on any atom is -0.315 e. The molecule has 1 rings (SSSR count). The van der Waals surface area contributed by atoms with E-state index in [9.17, 15) is 0 Å². The predicted molar refractivity (Wildman–Crippen MR) is 67.1 cm³/mol. The maximum Gasteiger partial charge on any atom is 0.00970 e. The maximum atomic E-state index is 3.49. The number of hydrogen-bond acceptors (Lipinski definition) is 2. The first-order valence-corrected chi connectivity index (χ1v) is 6.20. The van der Waals surface area contributed by atoms with Crippen molar-refractivity contribution in [1.29, 1.82) is 0 Å². The highest BCUT2D eigenvalue weighted by atomic mass is 15.0. The number of rotatable bonds is 6. The molecule has 0 saturated heterocycles. The molecule has 1 atom stereocenters. The molecule has 88 valence electrons. The van der Waals surface area contributed by atoms with Crippen LogP contribution in [0.4, 0.5) is 0 Å². The van der Waals surface area contributed by atoms with Crippen LogP contribution in [0.5, 0.6) is 0 Å². The Morgan fingerprint density at radius 1 is 1.20 bits per heavy atom. The molecule has 0 fully saturated rings. The summed E-state index contributed by atoms with van der Waals surface area (Å²) >= 11 is 0. The van der Waals surface area contributed by atoms with E-state index in [4.69, 9.17) is 0 Å². The van der Waals surface area contributed by atoms with E-state index in [1.54, 1.807) is 0 Å². The summed E-state index contributed by atoms with van der Waals surface area (Å²) in [4.78, 5) is 0. The molecule has 0 heterocycles. The maximum absolute atomic E-state index is 3.49. The van der Waals surface area contributed by atoms with Gasteiger partial charge in [0.2, 0.25) is 0 Å². The van der Waals surface area contributed by atoms with E-state index >= 15 is 0 Å². The van der Waals surface area contributed by atoms with Crippen molar-refractivity contribution in [3.8, 4) is 0 Å². The SMILES string of the molecule is CC(C)(C)NCCNCCC1C=CCC1. The molecule has 15 heavy (non-hydrogen) atoms. The highest BCUT2D eigenvalue weighted by Gasteiger charge is 2.09. The molecule has 0 saturated carbocycles. The van der Waals surface area contributed by atoms with E-state index in [0.717, 1.165) is 25.6 Å². The van der Waals surface area contributed by atoms with Crippen LogP contribution >= 0.6 is 0 Å². The summed E-state index contributed by atoms with van der Waals surface area (Å²) < 4.78 is 0. The van der Waals surface area contributed by atoms with Gasteiger partial charge in [-0.2, -0.15) is 0 Å². The van der Waals surface area contributed by atoms with Crippen molar-refractivity contribution in [2.45, 2.75) is 45.6 Å². The molecule has 0 aromatic heterocycles. The smallest absolute Gasteiger partial charge is 0.00970 e. The molecular weight excluding hydrogens is 184 g/mol. The second-order valence-corrected chi connectivity index (χ2v) is 5.48. The summed E-state index contributed by atoms with van der Waals surface area (Å²) in [5, 5.41) is 6.96. The zero-order valence-electron chi connectivity index (χ0n) is 10.5. The van der Waals surface area contributed by atoms with Crippen molar-refractivity contribution in [3.05, 3.63) is 12.2 Å². The second-order valence-electron chi connectivity index (χ2n) is 5.48. The zero-order chi connectivity index (χ0) is 11.1. The third-order valence-electron chi connectivity index (χ3n) is 2.76. The van der Waals surface area contributed by atoms with Gasteiger partial charge >= 0.3 is 0 Å². The van der Waals surface area contributed by atoms with Crippen molar-refractivity contribution in [2.75, 3.05) is 19.6 Å². The zero-order valence-corrected chi connectivity index (χ0v) is 10.5. The van der Waals surface area contributed by atoms with Crippen LogP contribution in [0.3, 0.4) is 0 Å². The first-order chi connectivity index (χ1) is 7.08. The lowest BCUT2D eigenvalue weighted by Gasteiger charge is -2.20. The molecule has 0 spiro atoms. The molecule has 0 aromatic rings. The molecule has 1 aliphatic rings. The second kappa shape index (κ2) is 6.29. The topological polar surface area (TPSA) is 24.1 Å². The fraction of sp³-hybridized carbons (Fsp3) is 0.846. The van der Waals surface area contributed by atoms with Crippen molar-refractivity contribution < 1.29 is 0 Å². The molecular formula is C13H26N2. The Labute approximate surface area is 94.5 Å². The fourth-order valence-electron chi connectivity index (χ4n) is 1.87. The Bertz CT molecular complexity index is 191. The van der Waals surface area contributed by atoms with E-state index in [2.05, 4.69) is 43.6 Å². The molecule has 0 bridgehead atoms. The van der Waals surface area contributed by atoms with Gasteiger partial charge in [-0.15, -0.1) is 0 Å². The number of allylic oxidation sites excluding steroid dienone is 2. The Morgan fingerprint density at radius 2 is 2.00 bits per heavy atom. The Hall–Kier alpha value is -0.340. The van der Waals surface area contributed by atoms with Gasteiger partial charge in [-0.25, -0.2) is 0 Å². The van der Waals surface area contributed by atoms with Crippen molar-refractivity contribution >= 4 is 0 Å². The lowest BCUT2D eigenvalue weighted by molar-refractivity contribution is 0.418. The molecule has 0 amide bonds. The Balaban J connectivity index is 1.87. The van der Waals surface area contributed by atoms with Crippen LogP contribution < -0.4 is 10.6 Å². The van der Waals surface area contributed by atoms with Gasteiger partial charge in [0, 0.05) is 18.6 Å². The summed E-state index contributed by atoms with van der Waals surface area (Å²) in [5.41, 5.74) is 0.246. The monoisotopic (exact) mass is 210 g/mol. The summed E-state index contributed by atoms with van der Waals surface area (Å²) in [5.74, 6) is 0.841. The van der Waals surface area contributed by atoms with Crippen LogP contribution in [0.2, 0.25) is 0 Å². The molecule has 1 aliphatic carbocycles. The Kier molecular flexibility index (Phi) is 5.34. The number of nitrogens with one attached hydrogen (secondary N) is 2. The third-order valence-corrected chi connectivity index (χ3v) is 2.76. The van der Waals surface area contributed by atoms with E-state index in [-0.39, 0.29) is 5.54 Å². The van der Waals surface area contributed by atoms with Gasteiger partial charge in [-0.05, 0) is 52.5 Å². The summed E-state index contributed by atoms with van der Waals surface area (Å²) in [6, 6.07) is 0. The molecule has 0 aliphatic heterocycles. The van der Waals surface area contributed by atoms with Gasteiger partial charge in [0.1, 0.15) is 0 Å². The number of hydrogen-bond donors (Lipinski definition) is 2. The van der Waals surface area contributed by atoms with Gasteiger partial charge in [0.05, 0.1) is 0 Å². The molecule has 0 radical (unpaired) electrons. The normalized spacial score (nSPS) is 21.1. The van der Waals surface area contributed by atoms with E-state index in [0.29, 0.717) is 0 Å². The average Bonchev–Trinajstić information content (AvgIpc) is 2.61. The van der Waals surface area contributed by atoms with Crippen LogP contribution in [-0.4, -0.2) is 25.2 Å². The molecule has 0 aromatic carbocycles. The van der Waals surface area contributed by atoms with Crippen LogP contribution in [0, 0.1) is 5.92 Å². The summed E-state index contributed by atoms with van der Waals surface area (Å²) in [6.07, 6.45) is 8.63. The van der Waals surface area contributed by atoms with E-state index in [1.807, 2.05) is 0 Å². The quantitative estimate of drug-likeness (QED) is 0.519. The average molecular weight is 210 g/mol. The van der Waals surface area contributed by atoms with E-state index < -0.39 is 0 Å². The predicted octanol–water partition coefficient (Wildman–Crippen LogP) is 2.32. The molecule has 1 unspecified atom stereocenters. The van der Waals surface area contributed by atoms with Crippen molar-refractivity contribution in [3.63, 3.8) is 0 Å². The van der Waals surface area contributed by atoms with Crippen LogP contribution in [0.1, 0.15) is 40.0 Å². The van der Waals surface area contributed by atoms with Gasteiger partial charge in [-0.3, -0.25) is 0 Å². The van der Waals surface area contributed by atoms with Gasteiger partial charge < -0.3 is 10.6 Å². The van der Waals surface area contributed by atoms with Crippen molar-refractivity contribution in [2.24, 2.45) is 5.92 Å². The minimum absolute atomic E-state index is 0.246. The largest absolute Gasteiger partial charge is 0.315 e. The van der Waals surface area contributed by atoms with Crippen LogP contribution in [0.25, 0.3) is 0 Å². The summed E-state index contributed by atoms with van der Waals surface area (Å²) in [6.45, 7) is 9.90. The highest BCUT2D eigenvalue weighted by molar-refractivity contribution is 4.96. The van der Waals surface area contributed by atoms with E-state index in [1.165, 1.54) is 19.3 Å². The summed E-state index contributed by atoms with van der Waals surface area (Å²) in [7, 11) is 0. The lowest BCUT2D eigenvalue weighted by atomic mass is 10.1. The van der Waals surface area contributed by atoms with Gasteiger partial charge in [0.15, 0.2) is 0 Å². The Morgan fingerprint density at radius 3 is 2.60 bits per heavy atom. The van der Waals surface area contributed by atoms with Crippen LogP contribution in [0.15, 0.2) is 12.2 Å². The lowest BCUT2D eigenvalue weighted by Crippen LogP contribution is -2.40. The first kappa shape index (κ1) is 12.7. The van der Waals surface area contributed by atoms with Crippen LogP contribution in [-0.2, 0) is 0 Å². The van der Waals surface area contributed by atoms with Gasteiger partial charge in [0.25, 0.3) is 0 Å². The van der Waals surface area contributed by atoms with Gasteiger partial charge in [-0.1, -0.05) is 12.2 Å². The highest BCUT2D eigenvalue weighted by Crippen LogP contribution is 2.19. The standard InChI is InChI=1S/C13H26N2/c1-13(2,3)15-11-10-14-9-8-12-6-4-5-7-12/h4,6,12,14-15H,5,7-11H2,1-3H3. The molecule has 2 N–H and O–H groups in total. The first-order valence-electron chi connectivity index (χ1n) is 6.20.